The first kappa shape index (κ1) is 22.0. The van der Waals surface area contributed by atoms with Gasteiger partial charge in [-0.3, -0.25) is 14.5 Å². The smallest absolute Gasteiger partial charge is 0.347 e. The second kappa shape index (κ2) is 8.74. The van der Waals surface area contributed by atoms with Gasteiger partial charge in [0.15, 0.2) is 11.5 Å². The number of carbonyl (C=O) groups is 2. The van der Waals surface area contributed by atoms with Crippen molar-refractivity contribution in [3.05, 3.63) is 90.0 Å². The number of halogens is 3. The second-order valence-electron chi connectivity index (χ2n) is 7.92. The summed E-state index contributed by atoms with van der Waals surface area (Å²) in [7, 11) is 0. The average molecular weight is 441 g/mol. The number of nitrogens with zero attached hydrogens (tertiary/aromatic N) is 1. The number of para-hydroxylation sites is 1. The van der Waals surface area contributed by atoms with Crippen molar-refractivity contribution in [2.24, 2.45) is 5.92 Å². The molecule has 166 valence electrons. The van der Waals surface area contributed by atoms with E-state index < -0.39 is 23.4 Å². The van der Waals surface area contributed by atoms with Gasteiger partial charge in [-0.05, 0) is 73.4 Å². The SMILES string of the molecule is O=C1C=CC2(C=C1)OCC(CCCc1ccc(C(F)(F)F)cc1)C(=O)N2c1ccccc1. The molecule has 2 aromatic carbocycles. The number of alkyl halides is 3. The molecule has 1 spiro atoms. The highest BCUT2D eigenvalue weighted by atomic mass is 19.4. The van der Waals surface area contributed by atoms with Crippen molar-refractivity contribution in [1.29, 1.82) is 0 Å². The molecular formula is C25H22F3NO3. The van der Waals surface area contributed by atoms with Crippen molar-refractivity contribution in [3.63, 3.8) is 0 Å². The van der Waals surface area contributed by atoms with E-state index in [0.717, 1.165) is 17.7 Å². The highest BCUT2D eigenvalue weighted by Crippen LogP contribution is 2.37. The van der Waals surface area contributed by atoms with Gasteiger partial charge in [0, 0.05) is 5.69 Å². The van der Waals surface area contributed by atoms with E-state index >= 15 is 0 Å². The van der Waals surface area contributed by atoms with E-state index in [0.29, 0.717) is 24.9 Å². The van der Waals surface area contributed by atoms with Gasteiger partial charge < -0.3 is 4.74 Å². The van der Waals surface area contributed by atoms with Crippen LogP contribution in [0.2, 0.25) is 0 Å². The van der Waals surface area contributed by atoms with E-state index in [1.165, 1.54) is 24.3 Å². The fourth-order valence-electron chi connectivity index (χ4n) is 4.01. The van der Waals surface area contributed by atoms with Crippen LogP contribution in [-0.2, 0) is 26.9 Å². The minimum absolute atomic E-state index is 0.112. The zero-order valence-corrected chi connectivity index (χ0v) is 17.2. The van der Waals surface area contributed by atoms with Crippen LogP contribution in [0.1, 0.15) is 24.0 Å². The molecule has 0 saturated carbocycles. The molecule has 1 unspecified atom stereocenters. The van der Waals surface area contributed by atoms with Crippen LogP contribution in [0.3, 0.4) is 0 Å². The first-order valence-corrected chi connectivity index (χ1v) is 10.4. The summed E-state index contributed by atoms with van der Waals surface area (Å²) >= 11 is 0. The third-order valence-electron chi connectivity index (χ3n) is 5.72. The fraction of sp³-hybridized carbons (Fsp3) is 0.280. The van der Waals surface area contributed by atoms with E-state index in [1.54, 1.807) is 17.1 Å². The number of ether oxygens (including phenoxy) is 1. The molecule has 1 amide bonds. The van der Waals surface area contributed by atoms with Crippen LogP contribution in [-0.4, -0.2) is 24.0 Å². The maximum absolute atomic E-state index is 13.4. The van der Waals surface area contributed by atoms with Crippen LogP contribution in [0.5, 0.6) is 0 Å². The number of hydrogen-bond acceptors (Lipinski definition) is 3. The van der Waals surface area contributed by atoms with Gasteiger partial charge in [0.1, 0.15) is 0 Å². The van der Waals surface area contributed by atoms with Crippen LogP contribution >= 0.6 is 0 Å². The molecule has 0 bridgehead atoms. The lowest BCUT2D eigenvalue weighted by atomic mass is 9.93. The Morgan fingerprint density at radius 2 is 1.62 bits per heavy atom. The number of rotatable bonds is 5. The van der Waals surface area contributed by atoms with Crippen LogP contribution in [0.25, 0.3) is 0 Å². The highest BCUT2D eigenvalue weighted by Gasteiger charge is 2.46. The number of benzene rings is 2. The Kier molecular flexibility index (Phi) is 6.02. The van der Waals surface area contributed by atoms with E-state index in [1.807, 2.05) is 30.3 Å². The molecule has 1 saturated heterocycles. The maximum atomic E-state index is 13.4. The zero-order chi connectivity index (χ0) is 22.8. The largest absolute Gasteiger partial charge is 0.416 e. The average Bonchev–Trinajstić information content (AvgIpc) is 2.78. The van der Waals surface area contributed by atoms with E-state index in [4.69, 9.17) is 4.74 Å². The molecule has 0 aromatic heterocycles. The molecule has 7 heteroatoms. The third-order valence-corrected chi connectivity index (χ3v) is 5.72. The summed E-state index contributed by atoms with van der Waals surface area (Å²) in [5.41, 5.74) is -0.368. The molecule has 1 aliphatic heterocycles. The van der Waals surface area contributed by atoms with Crippen molar-refractivity contribution in [2.45, 2.75) is 31.2 Å². The fourth-order valence-corrected chi connectivity index (χ4v) is 4.01. The molecule has 1 fully saturated rings. The first-order chi connectivity index (χ1) is 15.3. The van der Waals surface area contributed by atoms with Crippen LogP contribution in [0, 0.1) is 5.92 Å². The molecular weight excluding hydrogens is 419 g/mol. The van der Waals surface area contributed by atoms with Gasteiger partial charge >= 0.3 is 6.18 Å². The van der Waals surface area contributed by atoms with E-state index in [-0.39, 0.29) is 18.3 Å². The highest BCUT2D eigenvalue weighted by molar-refractivity contribution is 6.03. The summed E-state index contributed by atoms with van der Waals surface area (Å²) in [5.74, 6) is -0.674. The van der Waals surface area contributed by atoms with E-state index in [2.05, 4.69) is 0 Å². The Morgan fingerprint density at radius 3 is 2.25 bits per heavy atom. The molecule has 1 heterocycles. The first-order valence-electron chi connectivity index (χ1n) is 10.4. The van der Waals surface area contributed by atoms with Gasteiger partial charge in [-0.2, -0.15) is 13.2 Å². The van der Waals surface area contributed by atoms with Crippen molar-refractivity contribution < 1.29 is 27.5 Å². The Bertz CT molecular complexity index is 1030. The van der Waals surface area contributed by atoms with Gasteiger partial charge in [0.2, 0.25) is 5.91 Å². The monoisotopic (exact) mass is 441 g/mol. The summed E-state index contributed by atoms with van der Waals surface area (Å²) in [6, 6.07) is 14.2. The Hall–Kier alpha value is -3.19. The molecule has 4 nitrogen and oxygen atoms in total. The second-order valence-corrected chi connectivity index (χ2v) is 7.92. The third kappa shape index (κ3) is 4.53. The summed E-state index contributed by atoms with van der Waals surface area (Å²) in [6.07, 6.45) is 3.36. The number of carbonyl (C=O) groups excluding carboxylic acids is 2. The van der Waals surface area contributed by atoms with Gasteiger partial charge in [0.25, 0.3) is 0 Å². The number of anilines is 1. The molecule has 2 aliphatic rings. The molecule has 1 aliphatic carbocycles. The molecule has 0 N–H and O–H groups in total. The lowest BCUT2D eigenvalue weighted by Gasteiger charge is -2.46. The van der Waals surface area contributed by atoms with Crippen molar-refractivity contribution >= 4 is 17.4 Å². The summed E-state index contributed by atoms with van der Waals surface area (Å²) in [6.45, 7) is 0.193. The number of ketones is 1. The summed E-state index contributed by atoms with van der Waals surface area (Å²) < 4.78 is 44.3. The quantitative estimate of drug-likeness (QED) is 0.649. The number of aryl methyl sites for hydroxylation is 1. The molecule has 4 rings (SSSR count). The maximum Gasteiger partial charge on any atom is 0.416 e. The normalized spacial score (nSPS) is 20.2. The van der Waals surface area contributed by atoms with Gasteiger partial charge in [0.05, 0.1) is 18.1 Å². The number of hydrogen-bond donors (Lipinski definition) is 0. The van der Waals surface area contributed by atoms with Crippen LogP contribution in [0.15, 0.2) is 78.9 Å². The Labute approximate surface area is 184 Å². The topological polar surface area (TPSA) is 46.6 Å². The molecule has 2 aromatic rings. The minimum Gasteiger partial charge on any atom is -0.347 e. The number of amides is 1. The predicted octanol–water partition coefficient (Wildman–Crippen LogP) is 5.10. The summed E-state index contributed by atoms with van der Waals surface area (Å²) in [5, 5.41) is 0. The lowest BCUT2D eigenvalue weighted by Crippen LogP contribution is -2.59. The predicted molar refractivity (Wildman–Crippen MR) is 114 cm³/mol. The van der Waals surface area contributed by atoms with Crippen LogP contribution in [0.4, 0.5) is 18.9 Å². The molecule has 1 atom stereocenters. The Morgan fingerprint density at radius 1 is 0.969 bits per heavy atom. The zero-order valence-electron chi connectivity index (χ0n) is 17.2. The van der Waals surface area contributed by atoms with Crippen molar-refractivity contribution in [1.82, 2.24) is 0 Å². The van der Waals surface area contributed by atoms with Gasteiger partial charge in [-0.15, -0.1) is 0 Å². The van der Waals surface area contributed by atoms with Crippen LogP contribution < -0.4 is 4.90 Å². The Balaban J connectivity index is 1.46. The lowest BCUT2D eigenvalue weighted by molar-refractivity contribution is -0.139. The van der Waals surface area contributed by atoms with E-state index in [9.17, 15) is 22.8 Å². The minimum atomic E-state index is -4.35. The molecule has 32 heavy (non-hydrogen) atoms. The van der Waals surface area contributed by atoms with Gasteiger partial charge in [-0.1, -0.05) is 30.3 Å². The summed E-state index contributed by atoms with van der Waals surface area (Å²) in [4.78, 5) is 26.6. The standard InChI is InChI=1S/C25H22F3NO3/c26-25(27,28)20-11-9-18(10-12-20)5-4-6-19-17-32-24(15-13-22(30)14-16-24)29(23(19)31)21-7-2-1-3-8-21/h1-3,7-16,19H,4-6,17H2. The van der Waals surface area contributed by atoms with Crippen molar-refractivity contribution in [3.8, 4) is 0 Å². The number of allylic oxidation sites excluding steroid dienone is 2. The van der Waals surface area contributed by atoms with Crippen molar-refractivity contribution in [2.75, 3.05) is 11.5 Å². The van der Waals surface area contributed by atoms with Gasteiger partial charge in [-0.25, -0.2) is 0 Å². The molecule has 0 radical (unpaired) electrons.